The van der Waals surface area contributed by atoms with E-state index in [2.05, 4.69) is 10.3 Å². The third kappa shape index (κ3) is 1.45. The van der Waals surface area contributed by atoms with Gasteiger partial charge in [-0.1, -0.05) is 0 Å². The number of ether oxygens (including phenoxy) is 1. The van der Waals surface area contributed by atoms with Crippen LogP contribution in [-0.4, -0.2) is 35.3 Å². The van der Waals surface area contributed by atoms with Gasteiger partial charge in [0.1, 0.15) is 12.4 Å². The summed E-state index contributed by atoms with van der Waals surface area (Å²) in [5.74, 6) is 0.483. The topological polar surface area (TPSA) is 74.6 Å². The molecule has 0 aromatic carbocycles. The molecule has 0 spiro atoms. The maximum Gasteiger partial charge on any atom is 0.493 e. The smallest absolute Gasteiger partial charge is 0.490 e. The highest BCUT2D eigenvalue weighted by Gasteiger charge is 2.22. The maximum atomic E-state index is 8.99. The number of nitrogens with one attached hydrogen (secondary N) is 1. The minimum Gasteiger partial charge on any atom is -0.490 e. The first-order valence-corrected chi connectivity index (χ1v) is 4.00. The lowest BCUT2D eigenvalue weighted by Gasteiger charge is -2.20. The SMILES string of the molecule is OB(O)c1cncc2c1OCCN2. The maximum absolute atomic E-state index is 8.99. The molecule has 0 saturated heterocycles. The summed E-state index contributed by atoms with van der Waals surface area (Å²) in [5, 5.41) is 21.0. The Bertz CT molecular complexity index is 319. The molecule has 0 atom stereocenters. The van der Waals surface area contributed by atoms with Crippen molar-refractivity contribution < 1.29 is 14.8 Å². The second kappa shape index (κ2) is 3.23. The lowest BCUT2D eigenvalue weighted by molar-refractivity contribution is 0.323. The first-order chi connectivity index (χ1) is 6.29. The number of pyridine rings is 1. The van der Waals surface area contributed by atoms with E-state index in [1.807, 2.05) is 0 Å². The van der Waals surface area contributed by atoms with Crippen molar-refractivity contribution in [2.24, 2.45) is 0 Å². The second-order valence-electron chi connectivity index (χ2n) is 2.75. The van der Waals surface area contributed by atoms with Crippen LogP contribution in [0, 0.1) is 0 Å². The fraction of sp³-hybridized carbons (Fsp3) is 0.286. The Hall–Kier alpha value is -1.27. The highest BCUT2D eigenvalue weighted by molar-refractivity contribution is 6.59. The third-order valence-electron chi connectivity index (χ3n) is 1.87. The Morgan fingerprint density at radius 1 is 1.46 bits per heavy atom. The Morgan fingerprint density at radius 2 is 2.31 bits per heavy atom. The molecule has 13 heavy (non-hydrogen) atoms. The first kappa shape index (κ1) is 8.34. The minimum absolute atomic E-state index is 0.296. The van der Waals surface area contributed by atoms with Crippen LogP contribution >= 0.6 is 0 Å². The van der Waals surface area contributed by atoms with Gasteiger partial charge in [0, 0.05) is 18.2 Å². The van der Waals surface area contributed by atoms with Crippen LogP contribution < -0.4 is 15.5 Å². The summed E-state index contributed by atoms with van der Waals surface area (Å²) in [6.07, 6.45) is 2.98. The lowest BCUT2D eigenvalue weighted by Crippen LogP contribution is -2.34. The summed E-state index contributed by atoms with van der Waals surface area (Å²) in [4.78, 5) is 3.86. The van der Waals surface area contributed by atoms with Crippen LogP contribution in [0.1, 0.15) is 0 Å². The number of rotatable bonds is 1. The van der Waals surface area contributed by atoms with E-state index >= 15 is 0 Å². The molecule has 5 nitrogen and oxygen atoms in total. The summed E-state index contributed by atoms with van der Waals surface area (Å²) in [6.45, 7) is 1.23. The van der Waals surface area contributed by atoms with Crippen molar-refractivity contribution in [2.75, 3.05) is 18.5 Å². The molecule has 1 aromatic rings. The van der Waals surface area contributed by atoms with Gasteiger partial charge in [-0.2, -0.15) is 0 Å². The van der Waals surface area contributed by atoms with Crippen LogP contribution in [0.25, 0.3) is 0 Å². The first-order valence-electron chi connectivity index (χ1n) is 4.00. The summed E-state index contributed by atoms with van der Waals surface area (Å²) < 4.78 is 5.29. The van der Waals surface area contributed by atoms with Crippen LogP contribution in [0.5, 0.6) is 5.75 Å². The fourth-order valence-electron chi connectivity index (χ4n) is 1.27. The average molecular weight is 180 g/mol. The zero-order valence-corrected chi connectivity index (χ0v) is 6.90. The molecule has 2 heterocycles. The van der Waals surface area contributed by atoms with E-state index in [1.165, 1.54) is 6.20 Å². The Labute approximate surface area is 75.5 Å². The molecule has 68 valence electrons. The Kier molecular flexibility index (Phi) is 2.07. The zero-order valence-electron chi connectivity index (χ0n) is 6.90. The summed E-state index contributed by atoms with van der Waals surface area (Å²) >= 11 is 0. The van der Waals surface area contributed by atoms with E-state index in [1.54, 1.807) is 6.20 Å². The van der Waals surface area contributed by atoms with Gasteiger partial charge in [0.05, 0.1) is 11.9 Å². The number of hydrogen-bond acceptors (Lipinski definition) is 5. The fourth-order valence-corrected chi connectivity index (χ4v) is 1.27. The molecule has 1 aromatic heterocycles. The Balaban J connectivity index is 2.46. The molecule has 0 radical (unpaired) electrons. The molecule has 3 N–H and O–H groups in total. The van der Waals surface area contributed by atoms with Crippen molar-refractivity contribution in [1.82, 2.24) is 4.98 Å². The van der Waals surface area contributed by atoms with Crippen molar-refractivity contribution in [3.63, 3.8) is 0 Å². The second-order valence-corrected chi connectivity index (χ2v) is 2.75. The van der Waals surface area contributed by atoms with Gasteiger partial charge in [0.15, 0.2) is 0 Å². The van der Waals surface area contributed by atoms with Gasteiger partial charge >= 0.3 is 7.12 Å². The van der Waals surface area contributed by atoms with Crippen LogP contribution in [0.4, 0.5) is 5.69 Å². The van der Waals surface area contributed by atoms with Gasteiger partial charge in [0.25, 0.3) is 0 Å². The lowest BCUT2D eigenvalue weighted by atomic mass is 9.80. The van der Waals surface area contributed by atoms with E-state index in [9.17, 15) is 0 Å². The number of nitrogens with zero attached hydrogens (tertiary/aromatic N) is 1. The predicted octanol–water partition coefficient (Wildman–Crippen LogP) is -1.43. The monoisotopic (exact) mass is 180 g/mol. The van der Waals surface area contributed by atoms with Crippen molar-refractivity contribution in [1.29, 1.82) is 0 Å². The molecule has 0 saturated carbocycles. The summed E-state index contributed by atoms with van der Waals surface area (Å²) in [5.41, 5.74) is 1.00. The van der Waals surface area contributed by atoms with E-state index in [-0.39, 0.29) is 0 Å². The van der Waals surface area contributed by atoms with Gasteiger partial charge in [-0.3, -0.25) is 4.98 Å². The average Bonchev–Trinajstić information content (AvgIpc) is 2.17. The summed E-state index contributed by atoms with van der Waals surface area (Å²) in [6, 6.07) is 0. The summed E-state index contributed by atoms with van der Waals surface area (Å²) in [7, 11) is -1.54. The molecule has 0 amide bonds. The van der Waals surface area contributed by atoms with Gasteiger partial charge in [-0.25, -0.2) is 0 Å². The number of aromatic nitrogens is 1. The van der Waals surface area contributed by atoms with E-state index in [0.717, 1.165) is 0 Å². The molecule has 0 fully saturated rings. The molecule has 1 aliphatic heterocycles. The quantitative estimate of drug-likeness (QED) is 0.461. The van der Waals surface area contributed by atoms with Crippen LogP contribution in [-0.2, 0) is 0 Å². The molecule has 6 heteroatoms. The zero-order chi connectivity index (χ0) is 9.26. The predicted molar refractivity (Wildman–Crippen MR) is 48.0 cm³/mol. The van der Waals surface area contributed by atoms with Gasteiger partial charge in [-0.15, -0.1) is 0 Å². The van der Waals surface area contributed by atoms with E-state index in [0.29, 0.717) is 30.1 Å². The van der Waals surface area contributed by atoms with Gasteiger partial charge in [0.2, 0.25) is 0 Å². The molecule has 1 aliphatic rings. The van der Waals surface area contributed by atoms with Crippen LogP contribution in [0.2, 0.25) is 0 Å². The van der Waals surface area contributed by atoms with Crippen LogP contribution in [0.15, 0.2) is 12.4 Å². The molecule has 0 aliphatic carbocycles. The van der Waals surface area contributed by atoms with Crippen LogP contribution in [0.3, 0.4) is 0 Å². The number of anilines is 1. The van der Waals surface area contributed by atoms with Crippen molar-refractivity contribution in [3.05, 3.63) is 12.4 Å². The third-order valence-corrected chi connectivity index (χ3v) is 1.87. The minimum atomic E-state index is -1.54. The normalized spacial score (nSPS) is 14.0. The largest absolute Gasteiger partial charge is 0.493 e. The Morgan fingerprint density at radius 3 is 3.08 bits per heavy atom. The standard InChI is InChI=1S/C7H9BN2O3/c11-8(12)5-3-9-4-6-7(5)13-2-1-10-6/h3-4,10-12H,1-2H2. The van der Waals surface area contributed by atoms with Gasteiger partial charge < -0.3 is 20.1 Å². The number of fused-ring (bicyclic) bond motifs is 1. The van der Waals surface area contributed by atoms with E-state index in [4.69, 9.17) is 14.8 Å². The van der Waals surface area contributed by atoms with Crippen molar-refractivity contribution in [2.45, 2.75) is 0 Å². The highest BCUT2D eigenvalue weighted by atomic mass is 16.5. The van der Waals surface area contributed by atoms with Crippen molar-refractivity contribution in [3.8, 4) is 5.75 Å². The van der Waals surface area contributed by atoms with Gasteiger partial charge in [-0.05, 0) is 0 Å². The van der Waals surface area contributed by atoms with Crippen molar-refractivity contribution >= 4 is 18.3 Å². The molecular weight excluding hydrogens is 171 g/mol. The molecule has 0 bridgehead atoms. The van der Waals surface area contributed by atoms with E-state index < -0.39 is 7.12 Å². The molecule has 2 rings (SSSR count). The molecular formula is C7H9BN2O3. The molecule has 0 unspecified atom stereocenters. The number of hydrogen-bond donors (Lipinski definition) is 3. The highest BCUT2D eigenvalue weighted by Crippen LogP contribution is 2.23.